The van der Waals surface area contributed by atoms with Gasteiger partial charge >= 0.3 is 0 Å². The second-order valence-corrected chi connectivity index (χ2v) is 5.25. The number of amides is 2. The Morgan fingerprint density at radius 1 is 1.25 bits per heavy atom. The first-order valence-corrected chi connectivity index (χ1v) is 6.91. The maximum Gasteiger partial charge on any atom is 0.242 e. The number of para-hydroxylation sites is 1. The molecule has 1 heterocycles. The zero-order chi connectivity index (χ0) is 14.5. The quantitative estimate of drug-likeness (QED) is 0.885. The molecule has 2 rings (SSSR count). The first-order valence-electron chi connectivity index (χ1n) is 6.91. The molecular formula is C15H21N3O2. The van der Waals surface area contributed by atoms with Crippen LogP contribution < -0.4 is 10.6 Å². The molecule has 0 unspecified atom stereocenters. The van der Waals surface area contributed by atoms with E-state index in [1.54, 1.807) is 0 Å². The van der Waals surface area contributed by atoms with Gasteiger partial charge in [0.25, 0.3) is 0 Å². The van der Waals surface area contributed by atoms with E-state index in [9.17, 15) is 9.59 Å². The lowest BCUT2D eigenvalue weighted by Crippen LogP contribution is -2.45. The number of hydrogen-bond acceptors (Lipinski definition) is 3. The molecule has 2 amide bonds. The van der Waals surface area contributed by atoms with Crippen LogP contribution >= 0.6 is 0 Å². The average Bonchev–Trinajstić information content (AvgIpc) is 2.48. The van der Waals surface area contributed by atoms with Crippen LogP contribution in [0.4, 0.5) is 5.69 Å². The molecule has 5 heteroatoms. The molecule has 1 aliphatic heterocycles. The fraction of sp³-hybridized carbons (Fsp3) is 0.467. The molecular weight excluding hydrogens is 254 g/mol. The monoisotopic (exact) mass is 275 g/mol. The van der Waals surface area contributed by atoms with E-state index in [1.165, 1.54) is 0 Å². The zero-order valence-corrected chi connectivity index (χ0v) is 11.8. The van der Waals surface area contributed by atoms with Crippen molar-refractivity contribution in [3.05, 3.63) is 30.3 Å². The van der Waals surface area contributed by atoms with E-state index in [2.05, 4.69) is 0 Å². The summed E-state index contributed by atoms with van der Waals surface area (Å²) in [7, 11) is 1.91. The second kappa shape index (κ2) is 6.41. The van der Waals surface area contributed by atoms with Crippen LogP contribution in [0.25, 0.3) is 0 Å². The Hall–Kier alpha value is -2.04. The number of likely N-dealkylation sites (N-methyl/N-ethyl adjacent to an activating group) is 1. The van der Waals surface area contributed by atoms with E-state index in [0.29, 0.717) is 32.5 Å². The molecule has 1 aromatic rings. The number of anilines is 1. The number of nitrogens with two attached hydrogens (primary N) is 1. The molecule has 0 aromatic heterocycles. The van der Waals surface area contributed by atoms with Crippen LogP contribution in [0.1, 0.15) is 12.8 Å². The van der Waals surface area contributed by atoms with Crippen molar-refractivity contribution in [2.75, 3.05) is 31.6 Å². The Morgan fingerprint density at radius 2 is 1.85 bits per heavy atom. The summed E-state index contributed by atoms with van der Waals surface area (Å²) >= 11 is 0. The van der Waals surface area contributed by atoms with Crippen LogP contribution in [0, 0.1) is 5.92 Å². The van der Waals surface area contributed by atoms with Gasteiger partial charge in [-0.05, 0) is 25.0 Å². The summed E-state index contributed by atoms with van der Waals surface area (Å²) in [5.74, 6) is -0.233. The second-order valence-electron chi connectivity index (χ2n) is 5.25. The lowest BCUT2D eigenvalue weighted by molar-refractivity contribution is -0.133. The van der Waals surface area contributed by atoms with Crippen molar-refractivity contribution < 1.29 is 9.59 Å². The number of carbonyl (C=O) groups is 2. The van der Waals surface area contributed by atoms with E-state index in [-0.39, 0.29) is 17.7 Å². The summed E-state index contributed by atoms with van der Waals surface area (Å²) in [5, 5.41) is 0. The number of nitrogens with zero attached hydrogens (tertiary/aromatic N) is 2. The van der Waals surface area contributed by atoms with Crippen molar-refractivity contribution >= 4 is 17.5 Å². The van der Waals surface area contributed by atoms with Crippen molar-refractivity contribution in [1.29, 1.82) is 0 Å². The Labute approximate surface area is 119 Å². The Morgan fingerprint density at radius 3 is 2.40 bits per heavy atom. The molecule has 20 heavy (non-hydrogen) atoms. The summed E-state index contributed by atoms with van der Waals surface area (Å²) in [6.45, 7) is 1.59. The van der Waals surface area contributed by atoms with Gasteiger partial charge in [0.15, 0.2) is 0 Å². The van der Waals surface area contributed by atoms with Crippen LogP contribution in [-0.4, -0.2) is 43.4 Å². The highest BCUT2D eigenvalue weighted by molar-refractivity contribution is 5.82. The first kappa shape index (κ1) is 14.4. The van der Waals surface area contributed by atoms with Crippen molar-refractivity contribution in [2.24, 2.45) is 11.7 Å². The molecule has 1 aromatic carbocycles. The van der Waals surface area contributed by atoms with Gasteiger partial charge in [-0.15, -0.1) is 0 Å². The van der Waals surface area contributed by atoms with Gasteiger partial charge in [-0.3, -0.25) is 9.59 Å². The summed E-state index contributed by atoms with van der Waals surface area (Å²) in [5.41, 5.74) is 6.32. The third-order valence-corrected chi connectivity index (χ3v) is 3.82. The van der Waals surface area contributed by atoms with Crippen LogP contribution in [0.5, 0.6) is 0 Å². The van der Waals surface area contributed by atoms with Gasteiger partial charge in [0.2, 0.25) is 11.8 Å². The minimum atomic E-state index is -0.251. The molecule has 0 aliphatic carbocycles. The number of hydrogen-bond donors (Lipinski definition) is 1. The molecule has 5 nitrogen and oxygen atoms in total. The molecule has 0 atom stereocenters. The number of likely N-dealkylation sites (tertiary alicyclic amines) is 1. The van der Waals surface area contributed by atoms with Crippen molar-refractivity contribution in [3.63, 3.8) is 0 Å². The Balaban J connectivity index is 1.85. The predicted octanol–water partition coefficient (Wildman–Crippen LogP) is 0.847. The van der Waals surface area contributed by atoms with Gasteiger partial charge in [0, 0.05) is 31.7 Å². The number of piperidine rings is 1. The molecule has 1 aliphatic rings. The zero-order valence-electron chi connectivity index (χ0n) is 11.8. The van der Waals surface area contributed by atoms with E-state index in [1.807, 2.05) is 47.2 Å². The van der Waals surface area contributed by atoms with Crippen molar-refractivity contribution in [3.8, 4) is 0 Å². The molecule has 0 saturated carbocycles. The van der Waals surface area contributed by atoms with Gasteiger partial charge in [-0.25, -0.2) is 0 Å². The summed E-state index contributed by atoms with van der Waals surface area (Å²) in [6, 6.07) is 9.82. The highest BCUT2D eigenvalue weighted by Crippen LogP contribution is 2.17. The molecule has 1 fully saturated rings. The smallest absolute Gasteiger partial charge is 0.242 e. The normalized spacial score (nSPS) is 15.9. The largest absolute Gasteiger partial charge is 0.369 e. The number of benzene rings is 1. The Bertz CT molecular complexity index is 467. The van der Waals surface area contributed by atoms with Gasteiger partial charge in [-0.1, -0.05) is 18.2 Å². The van der Waals surface area contributed by atoms with Crippen molar-refractivity contribution in [1.82, 2.24) is 4.90 Å². The summed E-state index contributed by atoms with van der Waals surface area (Å²) in [4.78, 5) is 27.1. The van der Waals surface area contributed by atoms with Gasteiger partial charge < -0.3 is 15.5 Å². The minimum Gasteiger partial charge on any atom is -0.369 e. The van der Waals surface area contributed by atoms with E-state index < -0.39 is 0 Å². The van der Waals surface area contributed by atoms with Crippen LogP contribution in [0.15, 0.2) is 30.3 Å². The first-order chi connectivity index (χ1) is 9.58. The SMILES string of the molecule is CN(CC(=O)N1CCC(C(N)=O)CC1)c1ccccc1. The van der Waals surface area contributed by atoms with E-state index >= 15 is 0 Å². The fourth-order valence-corrected chi connectivity index (χ4v) is 2.49. The summed E-state index contributed by atoms with van der Waals surface area (Å²) in [6.07, 6.45) is 1.35. The average molecular weight is 275 g/mol. The van der Waals surface area contributed by atoms with Crippen LogP contribution in [0.3, 0.4) is 0 Å². The maximum absolute atomic E-state index is 12.2. The molecule has 0 radical (unpaired) electrons. The third kappa shape index (κ3) is 3.50. The Kier molecular flexibility index (Phi) is 4.61. The number of carbonyl (C=O) groups excluding carboxylic acids is 2. The highest BCUT2D eigenvalue weighted by atomic mass is 16.2. The maximum atomic E-state index is 12.2. The molecule has 1 saturated heterocycles. The van der Waals surface area contributed by atoms with Gasteiger partial charge in [-0.2, -0.15) is 0 Å². The third-order valence-electron chi connectivity index (χ3n) is 3.82. The predicted molar refractivity (Wildman–Crippen MR) is 78.2 cm³/mol. The number of rotatable bonds is 4. The molecule has 2 N–H and O–H groups in total. The van der Waals surface area contributed by atoms with Crippen molar-refractivity contribution in [2.45, 2.75) is 12.8 Å². The lowest BCUT2D eigenvalue weighted by Gasteiger charge is -2.32. The van der Waals surface area contributed by atoms with E-state index in [0.717, 1.165) is 5.69 Å². The molecule has 0 bridgehead atoms. The van der Waals surface area contributed by atoms with Crippen LogP contribution in [-0.2, 0) is 9.59 Å². The fourth-order valence-electron chi connectivity index (χ4n) is 2.49. The highest BCUT2D eigenvalue weighted by Gasteiger charge is 2.26. The van der Waals surface area contributed by atoms with E-state index in [4.69, 9.17) is 5.73 Å². The molecule has 108 valence electrons. The standard InChI is InChI=1S/C15H21N3O2/c1-17(13-5-3-2-4-6-13)11-14(19)18-9-7-12(8-10-18)15(16)20/h2-6,12H,7-11H2,1H3,(H2,16,20). The van der Waals surface area contributed by atoms with Gasteiger partial charge in [0.05, 0.1) is 6.54 Å². The molecule has 0 spiro atoms. The number of primary amides is 1. The topological polar surface area (TPSA) is 66.6 Å². The minimum absolute atomic E-state index is 0.0779. The summed E-state index contributed by atoms with van der Waals surface area (Å²) < 4.78 is 0. The van der Waals surface area contributed by atoms with Gasteiger partial charge in [0.1, 0.15) is 0 Å². The lowest BCUT2D eigenvalue weighted by atomic mass is 9.96. The van der Waals surface area contributed by atoms with Crippen LogP contribution in [0.2, 0.25) is 0 Å².